The van der Waals surface area contributed by atoms with Gasteiger partial charge in [-0.05, 0) is 41.6 Å². The SMILES string of the molecule is O=C(Cn1nnc(COc2ccccc2)n1)NNC(=O)c1ccccc1-n1cccc1. The summed E-state index contributed by atoms with van der Waals surface area (Å²) in [5, 5.41) is 11.8. The van der Waals surface area contributed by atoms with Crippen molar-refractivity contribution in [2.24, 2.45) is 0 Å². The van der Waals surface area contributed by atoms with Crippen LogP contribution in [0, 0.1) is 0 Å². The number of amides is 2. The van der Waals surface area contributed by atoms with Crippen molar-refractivity contribution in [1.29, 1.82) is 0 Å². The van der Waals surface area contributed by atoms with Crippen molar-refractivity contribution >= 4 is 11.8 Å². The van der Waals surface area contributed by atoms with E-state index >= 15 is 0 Å². The van der Waals surface area contributed by atoms with E-state index in [1.165, 1.54) is 0 Å². The highest BCUT2D eigenvalue weighted by Crippen LogP contribution is 2.14. The molecule has 2 heterocycles. The van der Waals surface area contributed by atoms with Gasteiger partial charge in [-0.2, -0.15) is 4.80 Å². The van der Waals surface area contributed by atoms with Crippen molar-refractivity contribution in [2.45, 2.75) is 13.2 Å². The van der Waals surface area contributed by atoms with Gasteiger partial charge in [0.25, 0.3) is 11.8 Å². The number of ether oxygens (including phenoxy) is 1. The second kappa shape index (κ2) is 9.35. The van der Waals surface area contributed by atoms with Gasteiger partial charge in [-0.25, -0.2) is 0 Å². The molecule has 2 amide bonds. The number of hydrogen-bond acceptors (Lipinski definition) is 6. The summed E-state index contributed by atoms with van der Waals surface area (Å²) in [6.07, 6.45) is 3.67. The minimum atomic E-state index is -0.500. The van der Waals surface area contributed by atoms with Gasteiger partial charge in [-0.3, -0.25) is 20.4 Å². The highest BCUT2D eigenvalue weighted by molar-refractivity contribution is 5.98. The fourth-order valence-electron chi connectivity index (χ4n) is 2.81. The fraction of sp³-hybridized carbons (Fsp3) is 0.0952. The van der Waals surface area contributed by atoms with E-state index in [1.807, 2.05) is 71.6 Å². The number of hydrogen-bond donors (Lipinski definition) is 2. The van der Waals surface area contributed by atoms with Gasteiger partial charge in [-0.1, -0.05) is 30.3 Å². The average molecular weight is 417 g/mol. The monoisotopic (exact) mass is 417 g/mol. The Labute approximate surface area is 177 Å². The van der Waals surface area contributed by atoms with Crippen molar-refractivity contribution in [2.75, 3.05) is 0 Å². The molecule has 4 aromatic rings. The Balaban J connectivity index is 1.29. The Bertz CT molecular complexity index is 1160. The fourth-order valence-corrected chi connectivity index (χ4v) is 2.81. The Kier molecular flexibility index (Phi) is 5.98. The van der Waals surface area contributed by atoms with Crippen LogP contribution in [0.5, 0.6) is 5.75 Å². The van der Waals surface area contributed by atoms with Crippen molar-refractivity contribution in [3.8, 4) is 11.4 Å². The summed E-state index contributed by atoms with van der Waals surface area (Å²) in [6, 6.07) is 20.0. The molecule has 2 aromatic heterocycles. The molecule has 10 nitrogen and oxygen atoms in total. The molecule has 0 aliphatic rings. The minimum absolute atomic E-state index is 0.124. The number of para-hydroxylation sites is 2. The molecule has 4 rings (SSSR count). The summed E-state index contributed by atoms with van der Waals surface area (Å²) in [7, 11) is 0. The molecule has 0 bridgehead atoms. The first kappa shape index (κ1) is 19.8. The molecule has 0 fully saturated rings. The lowest BCUT2D eigenvalue weighted by atomic mass is 10.1. The third kappa shape index (κ3) is 5.12. The first-order valence-corrected chi connectivity index (χ1v) is 9.45. The van der Waals surface area contributed by atoms with Crippen molar-refractivity contribution < 1.29 is 14.3 Å². The molecule has 0 radical (unpaired) electrons. The number of carbonyl (C=O) groups is 2. The summed E-state index contributed by atoms with van der Waals surface area (Å²) < 4.78 is 7.36. The summed E-state index contributed by atoms with van der Waals surface area (Å²) in [6.45, 7) is -0.0869. The van der Waals surface area contributed by atoms with Crippen LogP contribution in [-0.4, -0.2) is 36.6 Å². The summed E-state index contributed by atoms with van der Waals surface area (Å²) >= 11 is 0. The van der Waals surface area contributed by atoms with Gasteiger partial charge in [0.2, 0.25) is 5.82 Å². The normalized spacial score (nSPS) is 10.5. The smallest absolute Gasteiger partial charge is 0.271 e. The van der Waals surface area contributed by atoms with Crippen molar-refractivity contribution in [1.82, 2.24) is 35.6 Å². The molecular formula is C21H19N7O3. The lowest BCUT2D eigenvalue weighted by molar-refractivity contribution is -0.122. The van der Waals surface area contributed by atoms with Gasteiger partial charge < -0.3 is 9.30 Å². The number of hydrazine groups is 1. The predicted molar refractivity (Wildman–Crippen MR) is 110 cm³/mol. The predicted octanol–water partition coefficient (Wildman–Crippen LogP) is 1.50. The van der Waals surface area contributed by atoms with Gasteiger partial charge in [0.1, 0.15) is 12.3 Å². The quantitative estimate of drug-likeness (QED) is 0.440. The molecule has 0 unspecified atom stereocenters. The Morgan fingerprint density at radius 3 is 2.45 bits per heavy atom. The van der Waals surface area contributed by atoms with E-state index in [0.717, 1.165) is 4.80 Å². The third-order valence-corrected chi connectivity index (χ3v) is 4.24. The first-order valence-electron chi connectivity index (χ1n) is 9.45. The molecule has 0 aliphatic carbocycles. The Morgan fingerprint density at radius 2 is 1.65 bits per heavy atom. The van der Waals surface area contributed by atoms with Gasteiger partial charge in [0.05, 0.1) is 11.3 Å². The van der Waals surface area contributed by atoms with Crippen LogP contribution in [0.2, 0.25) is 0 Å². The maximum atomic E-state index is 12.5. The van der Waals surface area contributed by atoms with Crippen LogP contribution in [0.1, 0.15) is 16.2 Å². The molecule has 2 aromatic carbocycles. The van der Waals surface area contributed by atoms with E-state index in [2.05, 4.69) is 26.3 Å². The van der Waals surface area contributed by atoms with Crippen LogP contribution in [-0.2, 0) is 17.9 Å². The number of carbonyl (C=O) groups excluding carboxylic acids is 2. The van der Waals surface area contributed by atoms with Gasteiger partial charge in [-0.15, -0.1) is 10.2 Å². The molecule has 2 N–H and O–H groups in total. The number of nitrogens with zero attached hydrogens (tertiary/aromatic N) is 5. The molecule has 156 valence electrons. The van der Waals surface area contributed by atoms with Crippen LogP contribution < -0.4 is 15.6 Å². The molecule has 0 spiro atoms. The zero-order valence-electron chi connectivity index (χ0n) is 16.4. The highest BCUT2D eigenvalue weighted by atomic mass is 16.5. The van der Waals surface area contributed by atoms with E-state index in [0.29, 0.717) is 22.8 Å². The number of tetrazole rings is 1. The number of rotatable bonds is 7. The topological polar surface area (TPSA) is 116 Å². The molecule has 0 saturated carbocycles. The van der Waals surface area contributed by atoms with Crippen LogP contribution in [0.15, 0.2) is 79.1 Å². The zero-order chi connectivity index (χ0) is 21.5. The second-order valence-corrected chi connectivity index (χ2v) is 6.45. The van der Waals surface area contributed by atoms with Crippen LogP contribution in [0.4, 0.5) is 0 Å². The van der Waals surface area contributed by atoms with Crippen molar-refractivity contribution in [3.05, 3.63) is 90.5 Å². The molecule has 0 saturated heterocycles. The van der Waals surface area contributed by atoms with E-state index in [4.69, 9.17) is 4.74 Å². The maximum Gasteiger partial charge on any atom is 0.271 e. The molecule has 31 heavy (non-hydrogen) atoms. The zero-order valence-corrected chi connectivity index (χ0v) is 16.4. The highest BCUT2D eigenvalue weighted by Gasteiger charge is 2.14. The Hall–Kier alpha value is -4.47. The molecular weight excluding hydrogens is 398 g/mol. The average Bonchev–Trinajstić information content (AvgIpc) is 3.49. The van der Waals surface area contributed by atoms with Crippen LogP contribution in [0.3, 0.4) is 0 Å². The van der Waals surface area contributed by atoms with Crippen molar-refractivity contribution in [3.63, 3.8) is 0 Å². The van der Waals surface area contributed by atoms with Gasteiger partial charge >= 0.3 is 0 Å². The number of benzene rings is 2. The second-order valence-electron chi connectivity index (χ2n) is 6.45. The van der Waals surface area contributed by atoms with Gasteiger partial charge in [0.15, 0.2) is 6.61 Å². The summed E-state index contributed by atoms with van der Waals surface area (Å²) in [5.74, 6) is 0.0710. The molecule has 0 aliphatic heterocycles. The van der Waals surface area contributed by atoms with E-state index in [9.17, 15) is 9.59 Å². The number of nitrogens with one attached hydrogen (secondary N) is 2. The largest absolute Gasteiger partial charge is 0.485 e. The first-order chi connectivity index (χ1) is 15.2. The maximum absolute atomic E-state index is 12.5. The standard InChI is InChI=1S/C21H19N7O3/c29-20(14-28-25-19(22-26-28)15-31-16-8-2-1-3-9-16)23-24-21(30)17-10-4-5-11-18(17)27-12-6-7-13-27/h1-13H,14-15H2,(H,23,29)(H,24,30). The van der Waals surface area contributed by atoms with E-state index in [-0.39, 0.29) is 13.2 Å². The molecule has 0 atom stereocenters. The third-order valence-electron chi connectivity index (χ3n) is 4.24. The van der Waals surface area contributed by atoms with Crippen LogP contribution in [0.25, 0.3) is 5.69 Å². The Morgan fingerprint density at radius 1 is 0.903 bits per heavy atom. The summed E-state index contributed by atoms with van der Waals surface area (Å²) in [5.41, 5.74) is 5.88. The van der Waals surface area contributed by atoms with Crippen LogP contribution >= 0.6 is 0 Å². The molecule has 10 heteroatoms. The van der Waals surface area contributed by atoms with E-state index < -0.39 is 11.8 Å². The lowest BCUT2D eigenvalue weighted by Gasteiger charge is -2.11. The van der Waals surface area contributed by atoms with Gasteiger partial charge in [0, 0.05) is 12.4 Å². The minimum Gasteiger partial charge on any atom is -0.485 e. The lowest BCUT2D eigenvalue weighted by Crippen LogP contribution is -2.43. The number of aromatic nitrogens is 5. The summed E-state index contributed by atoms with van der Waals surface area (Å²) in [4.78, 5) is 25.8. The van der Waals surface area contributed by atoms with E-state index in [1.54, 1.807) is 12.1 Å².